The highest BCUT2D eigenvalue weighted by molar-refractivity contribution is 5.59. The molecule has 6 nitrogen and oxygen atoms in total. The molecule has 124 valence electrons. The Morgan fingerprint density at radius 1 is 1.17 bits per heavy atom. The molecule has 0 bridgehead atoms. The molecule has 1 N–H and O–H groups in total. The predicted octanol–water partition coefficient (Wildman–Crippen LogP) is 2.47. The summed E-state index contributed by atoms with van der Waals surface area (Å²) in [5.41, 5.74) is 2.66. The van der Waals surface area contributed by atoms with Gasteiger partial charge in [-0.15, -0.1) is 0 Å². The van der Waals surface area contributed by atoms with E-state index in [1.807, 2.05) is 31.3 Å². The van der Waals surface area contributed by atoms with Crippen LogP contribution in [-0.4, -0.2) is 31.2 Å². The van der Waals surface area contributed by atoms with Gasteiger partial charge in [0.2, 0.25) is 0 Å². The minimum atomic E-state index is -0.0660. The lowest BCUT2D eigenvalue weighted by molar-refractivity contribution is 0.267. The number of hydrogen-bond donors (Lipinski definition) is 1. The summed E-state index contributed by atoms with van der Waals surface area (Å²) in [5, 5.41) is 9.57. The first-order valence-corrected chi connectivity index (χ1v) is 7.94. The number of imidazole rings is 1. The van der Waals surface area contributed by atoms with Crippen molar-refractivity contribution in [1.29, 1.82) is 0 Å². The summed E-state index contributed by atoms with van der Waals surface area (Å²) in [6.07, 6.45) is 9.65. The normalized spacial score (nSPS) is 10.8. The second kappa shape index (κ2) is 7.70. The maximum atomic E-state index is 9.57. The lowest BCUT2D eigenvalue weighted by atomic mass is 10.1. The number of aryl methyl sites for hydroxylation is 2. The third kappa shape index (κ3) is 3.60. The maximum absolute atomic E-state index is 9.57. The zero-order chi connectivity index (χ0) is 16.8. The monoisotopic (exact) mass is 324 g/mol. The van der Waals surface area contributed by atoms with Crippen LogP contribution in [0.5, 0.6) is 5.75 Å². The Bertz CT molecular complexity index is 787. The second-order valence-corrected chi connectivity index (χ2v) is 5.30. The summed E-state index contributed by atoms with van der Waals surface area (Å²) in [6, 6.07) is 5.77. The zero-order valence-corrected chi connectivity index (χ0v) is 13.6. The Morgan fingerprint density at radius 2 is 2.08 bits per heavy atom. The number of hydrogen-bond acceptors (Lipinski definition) is 5. The van der Waals surface area contributed by atoms with E-state index in [1.165, 1.54) is 0 Å². The maximum Gasteiger partial charge on any atom is 0.139 e. The number of aliphatic hydroxyl groups excluding tert-OH is 1. The molecule has 6 heteroatoms. The number of aromatic nitrogens is 4. The van der Waals surface area contributed by atoms with Crippen LogP contribution in [0.3, 0.4) is 0 Å². The molecule has 24 heavy (non-hydrogen) atoms. The fraction of sp³-hybridized carbons (Fsp3) is 0.278. The summed E-state index contributed by atoms with van der Waals surface area (Å²) in [4.78, 5) is 12.8. The molecule has 2 heterocycles. The molecule has 0 saturated heterocycles. The van der Waals surface area contributed by atoms with Crippen LogP contribution in [0.4, 0.5) is 0 Å². The largest absolute Gasteiger partial charge is 0.494 e. The van der Waals surface area contributed by atoms with Crippen LogP contribution in [0.2, 0.25) is 0 Å². The van der Waals surface area contributed by atoms with E-state index >= 15 is 0 Å². The lowest BCUT2D eigenvalue weighted by Gasteiger charge is -2.12. The quantitative estimate of drug-likeness (QED) is 0.723. The SMILES string of the molecule is CCOc1ccc(-c2nccn2CCc2cnccn2)cc1CO. The minimum Gasteiger partial charge on any atom is -0.494 e. The fourth-order valence-corrected chi connectivity index (χ4v) is 2.58. The summed E-state index contributed by atoms with van der Waals surface area (Å²) in [7, 11) is 0. The summed E-state index contributed by atoms with van der Waals surface area (Å²) >= 11 is 0. The Morgan fingerprint density at radius 3 is 2.83 bits per heavy atom. The van der Waals surface area contributed by atoms with E-state index in [2.05, 4.69) is 19.5 Å². The summed E-state index contributed by atoms with van der Waals surface area (Å²) in [6.45, 7) is 3.19. The number of ether oxygens (including phenoxy) is 1. The molecular formula is C18H20N4O2. The van der Waals surface area contributed by atoms with Crippen molar-refractivity contribution in [3.63, 3.8) is 0 Å². The van der Waals surface area contributed by atoms with Crippen LogP contribution in [0, 0.1) is 0 Å². The average Bonchev–Trinajstić information content (AvgIpc) is 3.10. The molecule has 3 aromatic rings. The number of aliphatic hydroxyl groups is 1. The van der Waals surface area contributed by atoms with Gasteiger partial charge in [-0.2, -0.15) is 0 Å². The van der Waals surface area contributed by atoms with Gasteiger partial charge in [-0.05, 0) is 25.1 Å². The fourth-order valence-electron chi connectivity index (χ4n) is 2.58. The molecule has 0 fully saturated rings. The van der Waals surface area contributed by atoms with Crippen molar-refractivity contribution < 1.29 is 9.84 Å². The van der Waals surface area contributed by atoms with Gasteiger partial charge in [0.25, 0.3) is 0 Å². The van der Waals surface area contributed by atoms with Crippen molar-refractivity contribution in [3.05, 3.63) is 60.4 Å². The molecule has 0 spiro atoms. The van der Waals surface area contributed by atoms with E-state index in [1.54, 1.807) is 24.8 Å². The van der Waals surface area contributed by atoms with Crippen LogP contribution in [0.1, 0.15) is 18.2 Å². The lowest BCUT2D eigenvalue weighted by Crippen LogP contribution is -2.04. The van der Waals surface area contributed by atoms with Crippen molar-refractivity contribution in [3.8, 4) is 17.1 Å². The highest BCUT2D eigenvalue weighted by Crippen LogP contribution is 2.26. The predicted molar refractivity (Wildman–Crippen MR) is 90.5 cm³/mol. The standard InChI is InChI=1S/C18H20N4O2/c1-2-24-17-4-3-14(11-15(17)13-23)18-21-8-10-22(18)9-5-16-12-19-6-7-20-16/h3-4,6-8,10-12,23H,2,5,9,13H2,1H3. The number of benzene rings is 1. The van der Waals surface area contributed by atoms with Crippen molar-refractivity contribution >= 4 is 0 Å². The van der Waals surface area contributed by atoms with Crippen molar-refractivity contribution in [2.75, 3.05) is 6.61 Å². The molecule has 0 radical (unpaired) electrons. The number of nitrogens with zero attached hydrogens (tertiary/aromatic N) is 4. The first-order chi connectivity index (χ1) is 11.8. The third-order valence-electron chi connectivity index (χ3n) is 3.73. The summed E-state index contributed by atoms with van der Waals surface area (Å²) in [5.74, 6) is 1.57. The Balaban J connectivity index is 1.82. The van der Waals surface area contributed by atoms with E-state index < -0.39 is 0 Å². The molecule has 0 atom stereocenters. The van der Waals surface area contributed by atoms with Crippen LogP contribution in [-0.2, 0) is 19.6 Å². The van der Waals surface area contributed by atoms with E-state index in [4.69, 9.17) is 4.74 Å². The highest BCUT2D eigenvalue weighted by Gasteiger charge is 2.10. The molecule has 0 amide bonds. The van der Waals surface area contributed by atoms with Gasteiger partial charge in [0, 0.05) is 55.1 Å². The third-order valence-corrected chi connectivity index (χ3v) is 3.73. The average molecular weight is 324 g/mol. The molecule has 0 aliphatic heterocycles. The smallest absolute Gasteiger partial charge is 0.139 e. The molecule has 3 rings (SSSR count). The molecule has 1 aromatic carbocycles. The van der Waals surface area contributed by atoms with Crippen LogP contribution < -0.4 is 4.74 Å². The van der Waals surface area contributed by atoms with Crippen molar-refractivity contribution in [2.45, 2.75) is 26.5 Å². The van der Waals surface area contributed by atoms with E-state index in [0.717, 1.165) is 35.6 Å². The van der Waals surface area contributed by atoms with E-state index in [-0.39, 0.29) is 6.61 Å². The number of rotatable bonds is 7. The molecular weight excluding hydrogens is 304 g/mol. The van der Waals surface area contributed by atoms with Gasteiger partial charge in [0.05, 0.1) is 18.9 Å². The molecule has 0 aliphatic rings. The van der Waals surface area contributed by atoms with Gasteiger partial charge < -0.3 is 14.4 Å². The Kier molecular flexibility index (Phi) is 5.18. The van der Waals surface area contributed by atoms with Crippen molar-refractivity contribution in [2.24, 2.45) is 0 Å². The highest BCUT2D eigenvalue weighted by atomic mass is 16.5. The first-order valence-electron chi connectivity index (χ1n) is 7.94. The second-order valence-electron chi connectivity index (χ2n) is 5.30. The van der Waals surface area contributed by atoms with Crippen LogP contribution in [0.15, 0.2) is 49.2 Å². The van der Waals surface area contributed by atoms with Crippen LogP contribution in [0.25, 0.3) is 11.4 Å². The Hall–Kier alpha value is -2.73. The minimum absolute atomic E-state index is 0.0660. The van der Waals surface area contributed by atoms with Gasteiger partial charge in [0.15, 0.2) is 0 Å². The first kappa shape index (κ1) is 16.1. The van der Waals surface area contributed by atoms with Gasteiger partial charge in [0.1, 0.15) is 11.6 Å². The molecule has 2 aromatic heterocycles. The van der Waals surface area contributed by atoms with E-state index in [0.29, 0.717) is 12.4 Å². The van der Waals surface area contributed by atoms with Gasteiger partial charge in [-0.3, -0.25) is 9.97 Å². The summed E-state index contributed by atoms with van der Waals surface area (Å²) < 4.78 is 7.61. The van der Waals surface area contributed by atoms with Gasteiger partial charge in [-0.1, -0.05) is 0 Å². The molecule has 0 saturated carbocycles. The van der Waals surface area contributed by atoms with Gasteiger partial charge >= 0.3 is 0 Å². The van der Waals surface area contributed by atoms with Crippen molar-refractivity contribution in [1.82, 2.24) is 19.5 Å². The topological polar surface area (TPSA) is 73.1 Å². The van der Waals surface area contributed by atoms with Crippen LogP contribution >= 0.6 is 0 Å². The van der Waals surface area contributed by atoms with Gasteiger partial charge in [-0.25, -0.2) is 4.98 Å². The molecule has 0 aliphatic carbocycles. The van der Waals surface area contributed by atoms with E-state index in [9.17, 15) is 5.11 Å². The zero-order valence-electron chi connectivity index (χ0n) is 13.6. The Labute approximate surface area is 140 Å². The molecule has 0 unspecified atom stereocenters.